The lowest BCUT2D eigenvalue weighted by Crippen LogP contribution is -2.45. The van der Waals surface area contributed by atoms with Crippen LogP contribution in [0.3, 0.4) is 0 Å². The quantitative estimate of drug-likeness (QED) is 0.862. The number of amides is 1. The van der Waals surface area contributed by atoms with Crippen molar-refractivity contribution in [2.75, 3.05) is 0 Å². The van der Waals surface area contributed by atoms with Crippen LogP contribution in [0.5, 0.6) is 0 Å². The van der Waals surface area contributed by atoms with E-state index < -0.39 is 17.2 Å². The first-order chi connectivity index (χ1) is 9.22. The Morgan fingerprint density at radius 3 is 2.15 bits per heavy atom. The number of hydrogen-bond donors (Lipinski definition) is 1. The average Bonchev–Trinajstić information content (AvgIpc) is 3.07. The lowest BCUT2D eigenvalue weighted by molar-refractivity contribution is 0.0482. The molecule has 1 aliphatic carbocycles. The molecule has 1 saturated carbocycles. The number of aryl methyl sites for hydroxylation is 1. The first kappa shape index (κ1) is 14.6. The highest BCUT2D eigenvalue weighted by atomic mass is 16.6. The molecule has 4 heteroatoms. The summed E-state index contributed by atoms with van der Waals surface area (Å²) >= 11 is 0. The Kier molecular flexibility index (Phi) is 3.59. The molecule has 20 heavy (non-hydrogen) atoms. The Morgan fingerprint density at radius 1 is 1.15 bits per heavy atom. The van der Waals surface area contributed by atoms with E-state index in [0.717, 1.165) is 5.56 Å². The maximum atomic E-state index is 12.5. The fourth-order valence-corrected chi connectivity index (χ4v) is 2.01. The molecule has 1 aromatic rings. The van der Waals surface area contributed by atoms with Gasteiger partial charge in [0.15, 0.2) is 5.78 Å². The van der Waals surface area contributed by atoms with Crippen LogP contribution in [0.15, 0.2) is 24.3 Å². The number of carbonyl (C=O) groups excluding carboxylic acids is 2. The minimum atomic E-state index is -0.766. The summed E-state index contributed by atoms with van der Waals surface area (Å²) in [6.07, 6.45) is 0.799. The molecule has 0 saturated heterocycles. The zero-order chi connectivity index (χ0) is 15.0. The van der Waals surface area contributed by atoms with Crippen molar-refractivity contribution in [2.24, 2.45) is 0 Å². The molecule has 0 atom stereocenters. The number of benzene rings is 1. The van der Waals surface area contributed by atoms with Crippen molar-refractivity contribution in [3.05, 3.63) is 35.4 Å². The Hall–Kier alpha value is -1.84. The van der Waals surface area contributed by atoms with Gasteiger partial charge in [-0.3, -0.25) is 4.79 Å². The Balaban J connectivity index is 2.06. The molecular formula is C16H21NO3. The molecule has 0 bridgehead atoms. The van der Waals surface area contributed by atoms with Crippen LogP contribution in [0.2, 0.25) is 0 Å². The van der Waals surface area contributed by atoms with Gasteiger partial charge >= 0.3 is 6.09 Å². The van der Waals surface area contributed by atoms with Gasteiger partial charge in [0.25, 0.3) is 0 Å². The number of Topliss-reactive ketones (excluding diaryl/α,β-unsaturated/α-hetero) is 1. The molecule has 1 aliphatic rings. The van der Waals surface area contributed by atoms with Crippen LogP contribution in [0, 0.1) is 6.92 Å². The molecule has 0 aromatic heterocycles. The average molecular weight is 275 g/mol. The van der Waals surface area contributed by atoms with Crippen molar-refractivity contribution in [1.29, 1.82) is 0 Å². The van der Waals surface area contributed by atoms with Crippen molar-refractivity contribution in [3.8, 4) is 0 Å². The van der Waals surface area contributed by atoms with Gasteiger partial charge in [-0.2, -0.15) is 0 Å². The number of ketones is 1. The Morgan fingerprint density at radius 2 is 1.70 bits per heavy atom. The number of carbonyl (C=O) groups is 2. The van der Waals surface area contributed by atoms with Gasteiger partial charge in [-0.1, -0.05) is 29.8 Å². The third kappa shape index (κ3) is 3.38. The highest BCUT2D eigenvalue weighted by Gasteiger charge is 2.51. The van der Waals surface area contributed by atoms with Gasteiger partial charge in [0, 0.05) is 5.56 Å². The van der Waals surface area contributed by atoms with E-state index in [2.05, 4.69) is 5.32 Å². The predicted molar refractivity (Wildman–Crippen MR) is 76.8 cm³/mol. The standard InChI is InChI=1S/C16H21NO3/c1-11-5-7-12(8-6-11)13(18)16(9-10-16)17-14(19)20-15(2,3)4/h5-8H,9-10H2,1-4H3,(H,17,19). The molecule has 2 rings (SSSR count). The second-order valence-corrected chi connectivity index (χ2v) is 6.40. The maximum Gasteiger partial charge on any atom is 0.408 e. The normalized spacial score (nSPS) is 16.4. The molecule has 0 unspecified atom stereocenters. The van der Waals surface area contributed by atoms with Crippen LogP contribution in [-0.4, -0.2) is 23.0 Å². The molecule has 0 heterocycles. The monoisotopic (exact) mass is 275 g/mol. The fraction of sp³-hybridized carbons (Fsp3) is 0.500. The first-order valence-corrected chi connectivity index (χ1v) is 6.84. The molecule has 1 N–H and O–H groups in total. The number of alkyl carbamates (subject to hydrolysis) is 1. The largest absolute Gasteiger partial charge is 0.444 e. The molecule has 108 valence electrons. The van der Waals surface area contributed by atoms with E-state index in [9.17, 15) is 9.59 Å². The summed E-state index contributed by atoms with van der Waals surface area (Å²) in [7, 11) is 0. The van der Waals surface area contributed by atoms with E-state index in [1.165, 1.54) is 0 Å². The minimum Gasteiger partial charge on any atom is -0.444 e. The van der Waals surface area contributed by atoms with Gasteiger partial charge < -0.3 is 10.1 Å². The van der Waals surface area contributed by atoms with Crippen molar-refractivity contribution in [3.63, 3.8) is 0 Å². The molecule has 0 aliphatic heterocycles. The summed E-state index contributed by atoms with van der Waals surface area (Å²) in [5, 5.41) is 2.73. The third-order valence-electron chi connectivity index (χ3n) is 3.24. The van der Waals surface area contributed by atoms with Gasteiger partial charge in [0.1, 0.15) is 11.1 Å². The van der Waals surface area contributed by atoms with Crippen molar-refractivity contribution in [2.45, 2.75) is 51.7 Å². The van der Waals surface area contributed by atoms with Crippen LogP contribution in [-0.2, 0) is 4.74 Å². The summed E-state index contributed by atoms with van der Waals surface area (Å²) in [5.74, 6) is -0.0386. The zero-order valence-electron chi connectivity index (χ0n) is 12.4. The summed E-state index contributed by atoms with van der Waals surface area (Å²) in [5.41, 5.74) is 0.403. The molecule has 0 radical (unpaired) electrons. The van der Waals surface area contributed by atoms with E-state index in [0.29, 0.717) is 18.4 Å². The third-order valence-corrected chi connectivity index (χ3v) is 3.24. The van der Waals surface area contributed by atoms with Crippen LogP contribution >= 0.6 is 0 Å². The number of ether oxygens (including phenoxy) is 1. The molecule has 1 aromatic carbocycles. The Bertz CT molecular complexity index is 522. The Labute approximate surface area is 119 Å². The van der Waals surface area contributed by atoms with Gasteiger partial charge in [-0.25, -0.2) is 4.79 Å². The summed E-state index contributed by atoms with van der Waals surface area (Å²) in [6, 6.07) is 7.40. The van der Waals surface area contributed by atoms with E-state index in [1.807, 2.05) is 19.1 Å². The first-order valence-electron chi connectivity index (χ1n) is 6.84. The van der Waals surface area contributed by atoms with Crippen LogP contribution in [0.25, 0.3) is 0 Å². The van der Waals surface area contributed by atoms with Crippen molar-refractivity contribution < 1.29 is 14.3 Å². The van der Waals surface area contributed by atoms with Crippen LogP contribution in [0.1, 0.15) is 49.5 Å². The lowest BCUT2D eigenvalue weighted by Gasteiger charge is -2.23. The molecule has 4 nitrogen and oxygen atoms in total. The van der Waals surface area contributed by atoms with Gasteiger partial charge in [0.05, 0.1) is 0 Å². The van der Waals surface area contributed by atoms with E-state index in [1.54, 1.807) is 32.9 Å². The molecule has 1 amide bonds. The van der Waals surface area contributed by atoms with Crippen molar-refractivity contribution in [1.82, 2.24) is 5.32 Å². The second-order valence-electron chi connectivity index (χ2n) is 6.40. The molecule has 0 spiro atoms. The summed E-state index contributed by atoms with van der Waals surface area (Å²) < 4.78 is 5.22. The number of rotatable bonds is 3. The van der Waals surface area contributed by atoms with Gasteiger partial charge in [-0.05, 0) is 40.5 Å². The zero-order valence-corrected chi connectivity index (χ0v) is 12.4. The maximum absolute atomic E-state index is 12.5. The predicted octanol–water partition coefficient (Wildman–Crippen LogP) is 3.24. The summed E-state index contributed by atoms with van der Waals surface area (Å²) in [4.78, 5) is 24.3. The van der Waals surface area contributed by atoms with E-state index >= 15 is 0 Å². The highest BCUT2D eigenvalue weighted by molar-refractivity contribution is 6.06. The van der Waals surface area contributed by atoms with Crippen molar-refractivity contribution >= 4 is 11.9 Å². The lowest BCUT2D eigenvalue weighted by atomic mass is 10.0. The molecule has 1 fully saturated rings. The van der Waals surface area contributed by atoms with Crippen LogP contribution < -0.4 is 5.32 Å². The number of nitrogens with one attached hydrogen (secondary N) is 1. The fourth-order valence-electron chi connectivity index (χ4n) is 2.01. The minimum absolute atomic E-state index is 0.0386. The van der Waals surface area contributed by atoms with Gasteiger partial charge in [0.2, 0.25) is 0 Å². The SMILES string of the molecule is Cc1ccc(C(=O)C2(NC(=O)OC(C)(C)C)CC2)cc1. The highest BCUT2D eigenvalue weighted by Crippen LogP contribution is 2.38. The number of hydrogen-bond acceptors (Lipinski definition) is 3. The van der Waals surface area contributed by atoms with Gasteiger partial charge in [-0.15, -0.1) is 0 Å². The topological polar surface area (TPSA) is 55.4 Å². The van der Waals surface area contributed by atoms with E-state index in [4.69, 9.17) is 4.74 Å². The second kappa shape index (κ2) is 4.93. The molecular weight excluding hydrogens is 254 g/mol. The summed E-state index contributed by atoms with van der Waals surface area (Å²) in [6.45, 7) is 7.37. The smallest absolute Gasteiger partial charge is 0.408 e. The van der Waals surface area contributed by atoms with E-state index in [-0.39, 0.29) is 5.78 Å². The van der Waals surface area contributed by atoms with Crippen LogP contribution in [0.4, 0.5) is 4.79 Å².